The Morgan fingerprint density at radius 2 is 1.94 bits per heavy atom. The normalized spacial score (nSPS) is 18.6. The van der Waals surface area contributed by atoms with Crippen LogP contribution in [-0.2, 0) is 27.3 Å². The van der Waals surface area contributed by atoms with Crippen LogP contribution in [0.1, 0.15) is 24.0 Å². The molecule has 1 aliphatic heterocycles. The second kappa shape index (κ2) is 10.4. The number of carbonyl (C=O) groups is 2. The quantitative estimate of drug-likeness (QED) is 0.527. The van der Waals surface area contributed by atoms with E-state index in [1.54, 1.807) is 10.7 Å². The average Bonchev–Trinajstić information content (AvgIpc) is 3.63. The van der Waals surface area contributed by atoms with Gasteiger partial charge < -0.3 is 15.0 Å². The minimum Gasteiger partial charge on any atom is -0.374 e. The summed E-state index contributed by atoms with van der Waals surface area (Å²) in [7, 11) is 0. The van der Waals surface area contributed by atoms with E-state index in [4.69, 9.17) is 4.74 Å². The van der Waals surface area contributed by atoms with Crippen molar-refractivity contribution < 1.29 is 14.3 Å². The second-order valence-corrected chi connectivity index (χ2v) is 9.15. The predicted octanol–water partition coefficient (Wildman–Crippen LogP) is 1.88. The molecular formula is C26H31N5O3. The summed E-state index contributed by atoms with van der Waals surface area (Å²) in [6.45, 7) is 3.40. The number of pyridine rings is 1. The summed E-state index contributed by atoms with van der Waals surface area (Å²) in [6.07, 6.45) is 5.93. The van der Waals surface area contributed by atoms with Gasteiger partial charge >= 0.3 is 0 Å². The molecule has 34 heavy (non-hydrogen) atoms. The van der Waals surface area contributed by atoms with Crippen molar-refractivity contribution in [2.75, 3.05) is 32.8 Å². The molecule has 8 heteroatoms. The third-order valence-electron chi connectivity index (χ3n) is 6.47. The summed E-state index contributed by atoms with van der Waals surface area (Å²) in [5.41, 5.74) is 3.00. The molecule has 2 fully saturated rings. The van der Waals surface area contributed by atoms with E-state index in [1.165, 1.54) is 0 Å². The van der Waals surface area contributed by atoms with Gasteiger partial charge in [-0.1, -0.05) is 36.4 Å². The number of aromatic nitrogens is 2. The zero-order valence-electron chi connectivity index (χ0n) is 19.3. The van der Waals surface area contributed by atoms with Crippen LogP contribution in [0.5, 0.6) is 0 Å². The van der Waals surface area contributed by atoms with Crippen molar-refractivity contribution in [2.24, 2.45) is 0 Å². The molecule has 8 nitrogen and oxygen atoms in total. The molecule has 1 atom stereocenters. The summed E-state index contributed by atoms with van der Waals surface area (Å²) < 4.78 is 7.63. The molecule has 2 aromatic heterocycles. The first-order valence-corrected chi connectivity index (χ1v) is 12.0. The summed E-state index contributed by atoms with van der Waals surface area (Å²) in [5, 5.41) is 7.28. The number of rotatable bonds is 9. The zero-order chi connectivity index (χ0) is 23.3. The molecule has 178 valence electrons. The van der Waals surface area contributed by atoms with Crippen LogP contribution >= 0.6 is 0 Å². The molecule has 2 aliphatic rings. The first-order chi connectivity index (χ1) is 16.7. The molecule has 3 aromatic rings. The van der Waals surface area contributed by atoms with Crippen molar-refractivity contribution in [3.05, 3.63) is 72.1 Å². The van der Waals surface area contributed by atoms with Gasteiger partial charge in [-0.25, -0.2) is 4.52 Å². The molecule has 1 aromatic carbocycles. The van der Waals surface area contributed by atoms with Crippen molar-refractivity contribution in [1.82, 2.24) is 24.7 Å². The van der Waals surface area contributed by atoms with E-state index in [2.05, 4.69) is 27.4 Å². The Bertz CT molecular complexity index is 1130. The Hall–Kier alpha value is -3.23. The first-order valence-electron chi connectivity index (χ1n) is 12.0. The summed E-state index contributed by atoms with van der Waals surface area (Å²) >= 11 is 0. The highest BCUT2D eigenvalue weighted by Gasteiger charge is 2.34. The summed E-state index contributed by atoms with van der Waals surface area (Å²) in [4.78, 5) is 29.8. The topological polar surface area (TPSA) is 79.2 Å². The third-order valence-corrected chi connectivity index (χ3v) is 6.47. The smallest absolute Gasteiger partial charge is 0.237 e. The SMILES string of the molecule is O=C(Cc1cnn2ccccc12)NCC1CN(CC(=O)N(Cc2ccccc2)C2CC2)CCO1. The van der Waals surface area contributed by atoms with E-state index in [1.807, 2.05) is 47.5 Å². The second-order valence-electron chi connectivity index (χ2n) is 9.15. The molecular weight excluding hydrogens is 430 g/mol. The molecule has 1 unspecified atom stereocenters. The standard InChI is InChI=1S/C26H31N5O3/c32-25(14-21-15-28-31-11-5-4-8-24(21)31)27-16-23-18-29(12-13-34-23)19-26(33)30(22-9-10-22)17-20-6-2-1-3-7-20/h1-8,11,15,22-23H,9-10,12-14,16-19H2,(H,27,32). The lowest BCUT2D eigenvalue weighted by molar-refractivity contribution is -0.136. The lowest BCUT2D eigenvalue weighted by Crippen LogP contribution is -2.51. The van der Waals surface area contributed by atoms with Crippen LogP contribution in [0.2, 0.25) is 0 Å². The van der Waals surface area contributed by atoms with Gasteiger partial charge in [0.15, 0.2) is 0 Å². The fraction of sp³-hybridized carbons (Fsp3) is 0.423. The van der Waals surface area contributed by atoms with Crippen molar-refractivity contribution >= 4 is 17.3 Å². The third kappa shape index (κ3) is 5.63. The van der Waals surface area contributed by atoms with Gasteiger partial charge in [-0.05, 0) is 30.5 Å². The van der Waals surface area contributed by atoms with Crippen molar-refractivity contribution in [1.29, 1.82) is 0 Å². The fourth-order valence-electron chi connectivity index (χ4n) is 4.50. The molecule has 1 saturated heterocycles. The van der Waals surface area contributed by atoms with E-state index in [0.717, 1.165) is 36.0 Å². The zero-order valence-corrected chi connectivity index (χ0v) is 19.3. The van der Waals surface area contributed by atoms with Crippen LogP contribution in [-0.4, -0.2) is 76.2 Å². The van der Waals surface area contributed by atoms with Crippen molar-refractivity contribution in [3.63, 3.8) is 0 Å². The summed E-state index contributed by atoms with van der Waals surface area (Å²) in [6, 6.07) is 16.3. The van der Waals surface area contributed by atoms with Crippen LogP contribution in [0.25, 0.3) is 5.52 Å². The van der Waals surface area contributed by atoms with Crippen molar-refractivity contribution in [2.45, 2.75) is 38.0 Å². The molecule has 2 amide bonds. The molecule has 0 spiro atoms. The van der Waals surface area contributed by atoms with Gasteiger partial charge in [0.25, 0.3) is 0 Å². The van der Waals surface area contributed by atoms with E-state index < -0.39 is 0 Å². The number of hydrogen-bond donors (Lipinski definition) is 1. The molecule has 1 aliphatic carbocycles. The molecule has 0 radical (unpaired) electrons. The molecule has 1 saturated carbocycles. The van der Waals surface area contributed by atoms with Gasteiger partial charge in [0, 0.05) is 44.0 Å². The van der Waals surface area contributed by atoms with Crippen LogP contribution in [0.15, 0.2) is 60.9 Å². The van der Waals surface area contributed by atoms with Gasteiger partial charge in [-0.2, -0.15) is 5.10 Å². The van der Waals surface area contributed by atoms with Crippen LogP contribution in [0, 0.1) is 0 Å². The maximum Gasteiger partial charge on any atom is 0.237 e. The lowest BCUT2D eigenvalue weighted by Gasteiger charge is -2.34. The number of nitrogens with one attached hydrogen (secondary N) is 1. The number of benzene rings is 1. The number of carbonyl (C=O) groups excluding carboxylic acids is 2. The monoisotopic (exact) mass is 461 g/mol. The highest BCUT2D eigenvalue weighted by atomic mass is 16.5. The Labute approximate surface area is 199 Å². The van der Waals surface area contributed by atoms with Gasteiger partial charge in [-0.3, -0.25) is 14.5 Å². The number of hydrogen-bond acceptors (Lipinski definition) is 5. The number of nitrogens with zero attached hydrogens (tertiary/aromatic N) is 4. The first kappa shape index (κ1) is 22.6. The fourth-order valence-corrected chi connectivity index (χ4v) is 4.50. The van der Waals surface area contributed by atoms with Gasteiger partial charge in [0.05, 0.1) is 37.4 Å². The van der Waals surface area contributed by atoms with Gasteiger partial charge in [-0.15, -0.1) is 0 Å². The largest absolute Gasteiger partial charge is 0.374 e. The minimum atomic E-state index is -0.127. The van der Waals surface area contributed by atoms with Crippen LogP contribution in [0.3, 0.4) is 0 Å². The van der Waals surface area contributed by atoms with E-state index >= 15 is 0 Å². The van der Waals surface area contributed by atoms with Gasteiger partial charge in [0.2, 0.25) is 11.8 Å². The van der Waals surface area contributed by atoms with Crippen LogP contribution in [0.4, 0.5) is 0 Å². The molecule has 3 heterocycles. The summed E-state index contributed by atoms with van der Waals surface area (Å²) in [5.74, 6) is 0.113. The molecule has 1 N–H and O–H groups in total. The average molecular weight is 462 g/mol. The Morgan fingerprint density at radius 3 is 2.76 bits per heavy atom. The Kier molecular flexibility index (Phi) is 6.87. The maximum absolute atomic E-state index is 13.1. The van der Waals surface area contributed by atoms with Crippen LogP contribution < -0.4 is 5.32 Å². The predicted molar refractivity (Wildman–Crippen MR) is 128 cm³/mol. The highest BCUT2D eigenvalue weighted by molar-refractivity contribution is 5.81. The lowest BCUT2D eigenvalue weighted by atomic mass is 10.2. The highest BCUT2D eigenvalue weighted by Crippen LogP contribution is 2.28. The molecule has 0 bridgehead atoms. The van der Waals surface area contributed by atoms with Crippen molar-refractivity contribution in [3.8, 4) is 0 Å². The Balaban J connectivity index is 1.10. The molecule has 5 rings (SSSR count). The number of amides is 2. The maximum atomic E-state index is 13.1. The number of fused-ring (bicyclic) bond motifs is 1. The van der Waals surface area contributed by atoms with E-state index in [0.29, 0.717) is 38.8 Å². The number of ether oxygens (including phenoxy) is 1. The van der Waals surface area contributed by atoms with E-state index in [-0.39, 0.29) is 24.3 Å². The van der Waals surface area contributed by atoms with Gasteiger partial charge in [0.1, 0.15) is 0 Å². The Morgan fingerprint density at radius 1 is 1.12 bits per heavy atom. The number of morpholine rings is 1. The minimum absolute atomic E-state index is 0.0571. The van der Waals surface area contributed by atoms with E-state index in [9.17, 15) is 9.59 Å².